The van der Waals surface area contributed by atoms with E-state index < -0.39 is 6.04 Å². The smallest absolute Gasteiger partial charge is 0.254 e. The third kappa shape index (κ3) is 4.80. The molecule has 0 spiro atoms. The largest absolute Gasteiger partial charge is 0.346 e. The van der Waals surface area contributed by atoms with E-state index in [2.05, 4.69) is 39.8 Å². The summed E-state index contributed by atoms with van der Waals surface area (Å²) in [5.41, 5.74) is 2.66. The molecule has 0 bridgehead atoms. The van der Waals surface area contributed by atoms with Crippen LogP contribution in [0.1, 0.15) is 55.3 Å². The van der Waals surface area contributed by atoms with Gasteiger partial charge in [0.1, 0.15) is 11.9 Å². The minimum atomic E-state index is -0.782. The zero-order chi connectivity index (χ0) is 22.7. The van der Waals surface area contributed by atoms with Gasteiger partial charge in [-0.1, -0.05) is 38.1 Å². The highest BCUT2D eigenvalue weighted by atomic mass is 16.2. The first kappa shape index (κ1) is 21.5. The van der Waals surface area contributed by atoms with Crippen LogP contribution in [0.5, 0.6) is 0 Å². The van der Waals surface area contributed by atoms with Crippen LogP contribution in [-0.4, -0.2) is 33.7 Å². The van der Waals surface area contributed by atoms with Crippen LogP contribution in [0.25, 0.3) is 11.0 Å². The second-order valence-corrected chi connectivity index (χ2v) is 8.49. The molecule has 0 aliphatic carbocycles. The molecular weight excluding hydrogens is 406 g/mol. The predicted molar refractivity (Wildman–Crippen MR) is 122 cm³/mol. The maximum atomic E-state index is 12.8. The summed E-state index contributed by atoms with van der Waals surface area (Å²) < 4.78 is 0. The van der Waals surface area contributed by atoms with Crippen LogP contribution in [-0.2, 0) is 9.59 Å². The number of aromatic nitrogens is 2. The lowest BCUT2D eigenvalue weighted by atomic mass is 10.0. The minimum absolute atomic E-state index is 0.101. The molecule has 2 atom stereocenters. The number of hydrogen-bond donors (Lipinski definition) is 4. The van der Waals surface area contributed by atoms with Gasteiger partial charge in [-0.25, -0.2) is 4.98 Å². The second-order valence-electron chi connectivity index (χ2n) is 8.49. The molecule has 2 unspecified atom stereocenters. The van der Waals surface area contributed by atoms with Crippen molar-refractivity contribution in [3.05, 3.63) is 59.9 Å². The lowest BCUT2D eigenvalue weighted by Crippen LogP contribution is -2.42. The molecule has 3 amide bonds. The van der Waals surface area contributed by atoms with Crippen molar-refractivity contribution in [2.75, 3.05) is 5.32 Å². The van der Waals surface area contributed by atoms with Gasteiger partial charge in [0.15, 0.2) is 0 Å². The van der Waals surface area contributed by atoms with Gasteiger partial charge in [-0.3, -0.25) is 14.4 Å². The summed E-state index contributed by atoms with van der Waals surface area (Å²) in [5.74, 6) is 0.208. The summed E-state index contributed by atoms with van der Waals surface area (Å²) >= 11 is 0. The Bertz CT molecular complexity index is 1120. The Kier molecular flexibility index (Phi) is 6.20. The van der Waals surface area contributed by atoms with Gasteiger partial charge < -0.3 is 20.9 Å². The first-order valence-electron chi connectivity index (χ1n) is 10.9. The maximum Gasteiger partial charge on any atom is 0.254 e. The Morgan fingerprint density at radius 1 is 1.09 bits per heavy atom. The van der Waals surface area contributed by atoms with E-state index in [1.807, 2.05) is 24.3 Å². The Morgan fingerprint density at radius 2 is 1.84 bits per heavy atom. The second kappa shape index (κ2) is 9.21. The summed E-state index contributed by atoms with van der Waals surface area (Å²) in [7, 11) is 0. The molecule has 8 heteroatoms. The number of aromatic amines is 1. The monoisotopic (exact) mass is 433 g/mol. The van der Waals surface area contributed by atoms with Gasteiger partial charge in [0.25, 0.3) is 5.91 Å². The number of amides is 3. The number of carbonyl (C=O) groups is 3. The van der Waals surface area contributed by atoms with Gasteiger partial charge in [0.2, 0.25) is 11.8 Å². The quantitative estimate of drug-likeness (QED) is 0.457. The molecule has 1 aromatic heterocycles. The van der Waals surface area contributed by atoms with Crippen LogP contribution in [0.4, 0.5) is 5.69 Å². The number of carbonyl (C=O) groups excluding carboxylic acids is 3. The number of nitrogens with one attached hydrogen (secondary N) is 4. The molecule has 166 valence electrons. The van der Waals surface area contributed by atoms with E-state index in [1.165, 1.54) is 0 Å². The maximum absolute atomic E-state index is 12.8. The SMILES string of the molecule is CC(C)CC(NC(=O)CCC1NC(=O)c2ccccc2NC1=O)c1nc2ccccc2[nH]1. The number of H-pyrrole nitrogens is 1. The summed E-state index contributed by atoms with van der Waals surface area (Å²) in [6, 6.07) is 13.5. The molecule has 0 radical (unpaired) electrons. The third-order valence-corrected chi connectivity index (χ3v) is 5.49. The highest BCUT2D eigenvalue weighted by Gasteiger charge is 2.28. The van der Waals surface area contributed by atoms with E-state index in [-0.39, 0.29) is 36.6 Å². The number of imidazole rings is 1. The Balaban J connectivity index is 1.41. The zero-order valence-corrected chi connectivity index (χ0v) is 18.1. The minimum Gasteiger partial charge on any atom is -0.346 e. The molecule has 1 aliphatic heterocycles. The van der Waals surface area contributed by atoms with Gasteiger partial charge >= 0.3 is 0 Å². The number of para-hydroxylation sites is 3. The Morgan fingerprint density at radius 3 is 2.62 bits per heavy atom. The zero-order valence-electron chi connectivity index (χ0n) is 18.1. The van der Waals surface area contributed by atoms with Gasteiger partial charge in [-0.05, 0) is 43.0 Å². The number of hydrogen-bond acceptors (Lipinski definition) is 4. The Hall–Kier alpha value is -3.68. The van der Waals surface area contributed by atoms with Crippen molar-refractivity contribution >= 4 is 34.4 Å². The molecule has 8 nitrogen and oxygen atoms in total. The predicted octanol–water partition coefficient (Wildman–Crippen LogP) is 3.30. The summed E-state index contributed by atoms with van der Waals surface area (Å²) in [4.78, 5) is 45.7. The number of benzene rings is 2. The van der Waals surface area contributed by atoms with E-state index in [0.29, 0.717) is 23.0 Å². The summed E-state index contributed by atoms with van der Waals surface area (Å²) in [5, 5.41) is 8.54. The van der Waals surface area contributed by atoms with E-state index >= 15 is 0 Å². The summed E-state index contributed by atoms with van der Waals surface area (Å²) in [6.07, 6.45) is 1.02. The van der Waals surface area contributed by atoms with E-state index in [4.69, 9.17) is 0 Å². The van der Waals surface area contributed by atoms with Crippen molar-refractivity contribution in [2.45, 2.75) is 45.2 Å². The molecule has 1 aliphatic rings. The van der Waals surface area contributed by atoms with Crippen LogP contribution in [0, 0.1) is 5.92 Å². The van der Waals surface area contributed by atoms with Crippen LogP contribution in [0.2, 0.25) is 0 Å². The van der Waals surface area contributed by atoms with Crippen molar-refractivity contribution in [1.82, 2.24) is 20.6 Å². The number of nitrogens with zero attached hydrogens (tertiary/aromatic N) is 1. The average molecular weight is 434 g/mol. The normalized spacial score (nSPS) is 16.8. The number of anilines is 1. The topological polar surface area (TPSA) is 116 Å². The van der Waals surface area contributed by atoms with Crippen LogP contribution < -0.4 is 16.0 Å². The highest BCUT2D eigenvalue weighted by Crippen LogP contribution is 2.23. The molecule has 4 rings (SSSR count). The van der Waals surface area contributed by atoms with Gasteiger partial charge in [-0.2, -0.15) is 0 Å². The highest BCUT2D eigenvalue weighted by molar-refractivity contribution is 6.09. The van der Waals surface area contributed by atoms with Crippen LogP contribution in [0.15, 0.2) is 48.5 Å². The van der Waals surface area contributed by atoms with E-state index in [0.717, 1.165) is 17.5 Å². The van der Waals surface area contributed by atoms with Crippen molar-refractivity contribution in [3.8, 4) is 0 Å². The fraction of sp³-hybridized carbons (Fsp3) is 0.333. The van der Waals surface area contributed by atoms with Crippen LogP contribution in [0.3, 0.4) is 0 Å². The van der Waals surface area contributed by atoms with Gasteiger partial charge in [0, 0.05) is 6.42 Å². The molecule has 32 heavy (non-hydrogen) atoms. The number of fused-ring (bicyclic) bond motifs is 2. The van der Waals surface area contributed by atoms with Crippen molar-refractivity contribution in [3.63, 3.8) is 0 Å². The standard InChI is InChI=1S/C24H27N5O3/c1-14(2)13-20(22-26-17-9-5-6-10-18(17)27-22)25-21(30)12-11-19-24(32)28-16-8-4-3-7-15(16)23(31)29-19/h3-10,14,19-20H,11-13H2,1-2H3,(H,25,30)(H,26,27)(H,28,32)(H,29,31). The third-order valence-electron chi connectivity index (χ3n) is 5.49. The lowest BCUT2D eigenvalue weighted by Gasteiger charge is -2.20. The van der Waals surface area contributed by atoms with Crippen LogP contribution >= 0.6 is 0 Å². The fourth-order valence-electron chi connectivity index (χ4n) is 3.90. The fourth-order valence-corrected chi connectivity index (χ4v) is 3.90. The molecule has 0 saturated carbocycles. The molecule has 4 N–H and O–H groups in total. The van der Waals surface area contributed by atoms with Crippen molar-refractivity contribution in [2.24, 2.45) is 5.92 Å². The lowest BCUT2D eigenvalue weighted by molar-refractivity contribution is -0.122. The molecular formula is C24H27N5O3. The van der Waals surface area contributed by atoms with Gasteiger partial charge in [-0.15, -0.1) is 0 Å². The molecule has 2 aromatic carbocycles. The molecule has 0 saturated heterocycles. The average Bonchev–Trinajstić information content (AvgIpc) is 3.15. The van der Waals surface area contributed by atoms with Crippen molar-refractivity contribution < 1.29 is 14.4 Å². The first-order valence-corrected chi connectivity index (χ1v) is 10.9. The van der Waals surface area contributed by atoms with E-state index in [9.17, 15) is 14.4 Å². The molecule has 0 fully saturated rings. The first-order chi connectivity index (χ1) is 15.4. The summed E-state index contributed by atoms with van der Waals surface area (Å²) in [6.45, 7) is 4.18. The van der Waals surface area contributed by atoms with Crippen molar-refractivity contribution in [1.29, 1.82) is 0 Å². The van der Waals surface area contributed by atoms with Gasteiger partial charge in [0.05, 0.1) is 28.3 Å². The number of rotatable bonds is 7. The molecule has 3 aromatic rings. The van der Waals surface area contributed by atoms with E-state index in [1.54, 1.807) is 24.3 Å². The Labute approximate surface area is 186 Å². The molecule has 2 heterocycles.